The van der Waals surface area contributed by atoms with Gasteiger partial charge in [0, 0.05) is 56.5 Å². The lowest BCUT2D eigenvalue weighted by molar-refractivity contribution is -0.385. The van der Waals surface area contributed by atoms with Gasteiger partial charge in [0.25, 0.3) is 5.69 Å². The molecule has 0 spiro atoms. The number of nitro benzene ring substituents is 1. The lowest BCUT2D eigenvalue weighted by Gasteiger charge is -2.34. The van der Waals surface area contributed by atoms with Gasteiger partial charge in [0.2, 0.25) is 5.75 Å². The maximum Gasteiger partial charge on any atom is 0.414 e. The minimum Gasteiger partial charge on any atom is -0.493 e. The molecule has 1 heterocycles. The number of hydrogen-bond acceptors (Lipinski definition) is 10. The maximum absolute atomic E-state index is 10.9. The highest BCUT2D eigenvalue weighted by Crippen LogP contribution is 2.40. The van der Waals surface area contributed by atoms with Crippen LogP contribution in [0.4, 0.5) is 5.69 Å². The van der Waals surface area contributed by atoms with Gasteiger partial charge >= 0.3 is 11.9 Å². The second-order valence-electron chi connectivity index (χ2n) is 8.28. The number of carboxylic acid groups (broad SMARTS) is 2. The topological polar surface area (TPSA) is 161 Å². The fourth-order valence-corrected chi connectivity index (χ4v) is 3.91. The summed E-state index contributed by atoms with van der Waals surface area (Å²) >= 11 is 0. The number of carboxylic acids is 2. The van der Waals surface area contributed by atoms with Gasteiger partial charge in [-0.05, 0) is 25.1 Å². The van der Waals surface area contributed by atoms with Gasteiger partial charge in [-0.25, -0.2) is 9.59 Å². The van der Waals surface area contributed by atoms with Crippen molar-refractivity contribution in [2.45, 2.75) is 13.5 Å². The van der Waals surface area contributed by atoms with Gasteiger partial charge in [0.05, 0.1) is 26.3 Å². The van der Waals surface area contributed by atoms with Crippen LogP contribution in [0.2, 0.25) is 0 Å². The molecule has 0 unspecified atom stereocenters. The normalized spacial score (nSPS) is 13.6. The van der Waals surface area contributed by atoms with Crippen molar-refractivity contribution < 1.29 is 43.7 Å². The highest BCUT2D eigenvalue weighted by Gasteiger charge is 2.21. The number of rotatable bonds is 10. The minimum absolute atomic E-state index is 0.111. The molecule has 0 radical (unpaired) electrons. The number of aryl methyl sites for hydroxylation is 1. The van der Waals surface area contributed by atoms with Crippen molar-refractivity contribution in [3.05, 3.63) is 51.6 Å². The van der Waals surface area contributed by atoms with Crippen molar-refractivity contribution in [2.75, 3.05) is 60.7 Å². The third-order valence-electron chi connectivity index (χ3n) is 5.87. The third kappa shape index (κ3) is 8.49. The molecule has 0 saturated carbocycles. The number of piperazine rings is 1. The predicted octanol–water partition coefficient (Wildman–Crippen LogP) is 2.28. The average molecular weight is 536 g/mol. The summed E-state index contributed by atoms with van der Waals surface area (Å²) in [6.45, 7) is 7.61. The van der Waals surface area contributed by atoms with E-state index in [9.17, 15) is 10.1 Å². The first-order valence-corrected chi connectivity index (χ1v) is 11.7. The summed E-state index contributed by atoms with van der Waals surface area (Å²) in [7, 11) is 4.87. The van der Waals surface area contributed by atoms with Gasteiger partial charge in [-0.2, -0.15) is 0 Å². The van der Waals surface area contributed by atoms with E-state index < -0.39 is 11.9 Å². The summed E-state index contributed by atoms with van der Waals surface area (Å²) in [5.41, 5.74) is 1.78. The van der Waals surface area contributed by atoms with Crippen LogP contribution in [0.5, 0.6) is 23.0 Å². The zero-order valence-corrected chi connectivity index (χ0v) is 21.8. The molecular formula is C25H33N3O10. The molecule has 0 atom stereocenters. The van der Waals surface area contributed by atoms with Crippen molar-refractivity contribution in [1.29, 1.82) is 0 Å². The van der Waals surface area contributed by atoms with E-state index in [0.717, 1.165) is 44.8 Å². The van der Waals surface area contributed by atoms with Gasteiger partial charge in [0.1, 0.15) is 12.4 Å². The lowest BCUT2D eigenvalue weighted by Crippen LogP contribution is -2.47. The molecule has 38 heavy (non-hydrogen) atoms. The largest absolute Gasteiger partial charge is 0.493 e. The Labute approximate surface area is 220 Å². The van der Waals surface area contributed by atoms with Crippen LogP contribution >= 0.6 is 0 Å². The Morgan fingerprint density at radius 2 is 1.53 bits per heavy atom. The number of methoxy groups -OCH3 is 3. The average Bonchev–Trinajstić information content (AvgIpc) is 2.89. The molecule has 0 bridgehead atoms. The Morgan fingerprint density at radius 1 is 0.921 bits per heavy atom. The summed E-state index contributed by atoms with van der Waals surface area (Å²) in [6, 6.07) is 8.79. The highest BCUT2D eigenvalue weighted by molar-refractivity contribution is 6.27. The summed E-state index contributed by atoms with van der Waals surface area (Å²) in [4.78, 5) is 33.5. The quantitative estimate of drug-likeness (QED) is 0.260. The van der Waals surface area contributed by atoms with Crippen LogP contribution in [-0.2, 0) is 16.1 Å². The molecule has 2 aromatic rings. The number of ether oxygens (including phenoxy) is 4. The first kappa shape index (κ1) is 30.1. The zero-order chi connectivity index (χ0) is 28.2. The van der Waals surface area contributed by atoms with E-state index in [0.29, 0.717) is 35.2 Å². The Balaban J connectivity index is 0.000000757. The van der Waals surface area contributed by atoms with E-state index in [2.05, 4.69) is 9.80 Å². The fraction of sp³-hybridized carbons (Fsp3) is 0.440. The van der Waals surface area contributed by atoms with E-state index in [1.165, 1.54) is 6.07 Å². The molecule has 1 fully saturated rings. The number of nitro groups is 1. The number of benzene rings is 2. The number of hydrogen-bond donors (Lipinski definition) is 2. The smallest absolute Gasteiger partial charge is 0.414 e. The molecule has 1 saturated heterocycles. The van der Waals surface area contributed by atoms with Crippen LogP contribution < -0.4 is 18.9 Å². The Kier molecular flexibility index (Phi) is 11.6. The molecule has 1 aliphatic rings. The summed E-state index contributed by atoms with van der Waals surface area (Å²) in [5, 5.41) is 25.7. The molecule has 13 nitrogen and oxygen atoms in total. The van der Waals surface area contributed by atoms with Crippen molar-refractivity contribution in [1.82, 2.24) is 9.80 Å². The molecule has 0 aliphatic carbocycles. The standard InChI is InChI=1S/C23H31N3O6.C2H2O4/c1-17-15-19(6-7-20(17)26(27)28)32-14-13-24-9-11-25(12-10-24)16-18-5-8-21(29-2)23(31-4)22(18)30-3;3-1(4)2(5)6/h5-8,15H,9-14,16H2,1-4H3;(H,3,4)(H,5,6). The van der Waals surface area contributed by atoms with E-state index in [-0.39, 0.29) is 10.6 Å². The zero-order valence-electron chi connectivity index (χ0n) is 21.8. The van der Waals surface area contributed by atoms with E-state index >= 15 is 0 Å². The number of carbonyl (C=O) groups is 2. The first-order valence-electron chi connectivity index (χ1n) is 11.7. The fourth-order valence-electron chi connectivity index (χ4n) is 3.91. The molecule has 0 aromatic heterocycles. The van der Waals surface area contributed by atoms with Crippen LogP contribution in [0.15, 0.2) is 30.3 Å². The molecule has 3 rings (SSSR count). The highest BCUT2D eigenvalue weighted by atomic mass is 16.6. The summed E-state index contributed by atoms with van der Waals surface area (Å²) in [5.74, 6) is -1.01. The molecular weight excluding hydrogens is 502 g/mol. The van der Waals surface area contributed by atoms with E-state index in [4.69, 9.17) is 38.7 Å². The van der Waals surface area contributed by atoms with Crippen LogP contribution in [0.25, 0.3) is 0 Å². The summed E-state index contributed by atoms with van der Waals surface area (Å²) < 4.78 is 22.3. The van der Waals surface area contributed by atoms with Gasteiger partial charge in [-0.3, -0.25) is 19.9 Å². The van der Waals surface area contributed by atoms with E-state index in [1.807, 2.05) is 12.1 Å². The second kappa shape index (κ2) is 14.6. The van der Waals surface area contributed by atoms with Gasteiger partial charge in [-0.1, -0.05) is 6.07 Å². The third-order valence-corrected chi connectivity index (χ3v) is 5.87. The first-order chi connectivity index (χ1) is 18.1. The predicted molar refractivity (Wildman–Crippen MR) is 136 cm³/mol. The van der Waals surface area contributed by atoms with Gasteiger partial charge in [0.15, 0.2) is 11.5 Å². The van der Waals surface area contributed by atoms with Gasteiger partial charge < -0.3 is 29.2 Å². The molecule has 13 heteroatoms. The summed E-state index contributed by atoms with van der Waals surface area (Å²) in [6.07, 6.45) is 0. The molecule has 2 N–H and O–H groups in total. The Hall–Kier alpha value is -4.10. The Morgan fingerprint density at radius 3 is 2.03 bits per heavy atom. The number of nitrogens with zero attached hydrogens (tertiary/aromatic N) is 3. The van der Waals surface area contributed by atoms with Crippen LogP contribution in [0.1, 0.15) is 11.1 Å². The van der Waals surface area contributed by atoms with Crippen LogP contribution in [-0.4, -0.2) is 97.5 Å². The monoisotopic (exact) mass is 535 g/mol. The van der Waals surface area contributed by atoms with Crippen molar-refractivity contribution >= 4 is 17.6 Å². The van der Waals surface area contributed by atoms with Crippen LogP contribution in [0, 0.1) is 17.0 Å². The Bertz CT molecular complexity index is 1100. The molecule has 1 aliphatic heterocycles. The molecule has 0 amide bonds. The van der Waals surface area contributed by atoms with E-state index in [1.54, 1.807) is 40.4 Å². The van der Waals surface area contributed by atoms with Crippen molar-refractivity contribution in [3.63, 3.8) is 0 Å². The number of aliphatic carboxylic acids is 2. The SMILES string of the molecule is COc1ccc(CN2CCN(CCOc3ccc([N+](=O)[O-])c(C)c3)CC2)c(OC)c1OC.O=C(O)C(=O)O. The van der Waals surface area contributed by atoms with Crippen molar-refractivity contribution in [3.8, 4) is 23.0 Å². The molecule has 2 aromatic carbocycles. The van der Waals surface area contributed by atoms with Crippen molar-refractivity contribution in [2.24, 2.45) is 0 Å². The lowest BCUT2D eigenvalue weighted by atomic mass is 10.1. The maximum atomic E-state index is 10.9. The van der Waals surface area contributed by atoms with Crippen LogP contribution in [0.3, 0.4) is 0 Å². The molecule has 208 valence electrons. The minimum atomic E-state index is -1.82. The van der Waals surface area contributed by atoms with Gasteiger partial charge in [-0.15, -0.1) is 0 Å². The second-order valence-corrected chi connectivity index (χ2v) is 8.28.